The van der Waals surface area contributed by atoms with E-state index in [4.69, 9.17) is 18.9 Å². The topological polar surface area (TPSA) is 66.0 Å². The molecule has 1 N–H and O–H groups in total. The van der Waals surface area contributed by atoms with Gasteiger partial charge in [-0.05, 0) is 95.7 Å². The molecule has 234 valence electrons. The number of ether oxygens (including phenoxy) is 4. The molecule has 12 heteroatoms. The van der Waals surface area contributed by atoms with Gasteiger partial charge >= 0.3 is 18.4 Å². The van der Waals surface area contributed by atoms with Crippen LogP contribution in [0.15, 0.2) is 42.5 Å². The molecule has 0 aliphatic carbocycles. The van der Waals surface area contributed by atoms with Gasteiger partial charge in [0.05, 0.1) is 36.5 Å². The van der Waals surface area contributed by atoms with Crippen LogP contribution in [-0.2, 0) is 39.4 Å². The number of alkyl halides is 6. The van der Waals surface area contributed by atoms with Gasteiger partial charge in [0.15, 0.2) is 5.79 Å². The second-order valence-corrected chi connectivity index (χ2v) is 11.9. The van der Waals surface area contributed by atoms with Crippen LogP contribution in [0.3, 0.4) is 0 Å². The van der Waals surface area contributed by atoms with E-state index in [1.807, 2.05) is 0 Å². The van der Waals surface area contributed by atoms with E-state index in [2.05, 4.69) is 5.32 Å². The van der Waals surface area contributed by atoms with Crippen molar-refractivity contribution in [1.82, 2.24) is 5.32 Å². The van der Waals surface area contributed by atoms with Crippen molar-refractivity contribution in [1.29, 1.82) is 0 Å². The zero-order valence-corrected chi connectivity index (χ0v) is 24.3. The molecule has 2 aromatic carbocycles. The summed E-state index contributed by atoms with van der Waals surface area (Å²) >= 11 is 0. The largest absolute Gasteiger partial charge is 0.493 e. The molecular weight excluding hydrogens is 568 g/mol. The lowest BCUT2D eigenvalue weighted by atomic mass is 9.91. The molecule has 6 nitrogen and oxygen atoms in total. The molecule has 1 saturated heterocycles. The van der Waals surface area contributed by atoms with Gasteiger partial charge in [0.25, 0.3) is 0 Å². The molecule has 1 aliphatic heterocycles. The Kier molecular flexibility index (Phi) is 10.1. The molecule has 0 bridgehead atoms. The molecule has 0 saturated carbocycles. The third-order valence-electron chi connectivity index (χ3n) is 6.55. The molecule has 1 aliphatic rings. The number of nitrogens with one attached hydrogen (secondary N) is 1. The fourth-order valence-corrected chi connectivity index (χ4v) is 4.29. The minimum atomic E-state index is -4.69. The van der Waals surface area contributed by atoms with Crippen LogP contribution < -0.4 is 10.1 Å². The summed E-state index contributed by atoms with van der Waals surface area (Å²) in [6, 6.07) is 8.41. The summed E-state index contributed by atoms with van der Waals surface area (Å²) < 4.78 is 102. The lowest BCUT2D eigenvalue weighted by molar-refractivity contribution is -0.271. The molecular formula is C30H37F6NO5. The Morgan fingerprint density at radius 2 is 1.48 bits per heavy atom. The van der Waals surface area contributed by atoms with Gasteiger partial charge in [-0.15, -0.1) is 0 Å². The number of aryl methyl sites for hydroxylation is 2. The summed E-state index contributed by atoms with van der Waals surface area (Å²) in [6.45, 7) is 8.69. The van der Waals surface area contributed by atoms with E-state index in [0.29, 0.717) is 24.0 Å². The van der Waals surface area contributed by atoms with Crippen LogP contribution >= 0.6 is 0 Å². The van der Waals surface area contributed by atoms with Crippen LogP contribution in [0.4, 0.5) is 31.1 Å². The highest BCUT2D eigenvalue weighted by Crippen LogP contribution is 2.38. The van der Waals surface area contributed by atoms with Crippen LogP contribution in [0.2, 0.25) is 0 Å². The number of benzene rings is 2. The molecule has 0 spiro atoms. The molecule has 0 unspecified atom stereocenters. The van der Waals surface area contributed by atoms with E-state index in [-0.39, 0.29) is 38.4 Å². The van der Waals surface area contributed by atoms with Crippen molar-refractivity contribution in [3.05, 3.63) is 64.7 Å². The fourth-order valence-electron chi connectivity index (χ4n) is 4.29. The lowest BCUT2D eigenvalue weighted by Crippen LogP contribution is -2.61. The SMILES string of the molecule is CC(C)(C)OC(=O)NC1(CCc2ccc(OCCCc3ccc(C(F)(F)F)cc3)c(C(F)(F)F)c2)COC(C)(C)OC1. The van der Waals surface area contributed by atoms with Gasteiger partial charge in [-0.3, -0.25) is 0 Å². The van der Waals surface area contributed by atoms with Gasteiger partial charge in [0.1, 0.15) is 11.4 Å². The molecule has 1 fully saturated rings. The van der Waals surface area contributed by atoms with Crippen molar-refractivity contribution < 1.29 is 50.1 Å². The normalized spacial score (nSPS) is 17.0. The lowest BCUT2D eigenvalue weighted by Gasteiger charge is -2.44. The highest BCUT2D eigenvalue weighted by Gasteiger charge is 2.42. The number of alkyl carbamates (subject to hydrolysis) is 1. The predicted molar refractivity (Wildman–Crippen MR) is 143 cm³/mol. The summed E-state index contributed by atoms with van der Waals surface area (Å²) in [5, 5.41) is 2.80. The Morgan fingerprint density at radius 3 is 2.02 bits per heavy atom. The van der Waals surface area contributed by atoms with Gasteiger partial charge < -0.3 is 24.3 Å². The highest BCUT2D eigenvalue weighted by molar-refractivity contribution is 5.69. The Hall–Kier alpha value is -2.99. The van der Waals surface area contributed by atoms with Gasteiger partial charge in [-0.2, -0.15) is 26.3 Å². The average molecular weight is 606 g/mol. The van der Waals surface area contributed by atoms with Crippen molar-refractivity contribution in [3.63, 3.8) is 0 Å². The summed E-state index contributed by atoms with van der Waals surface area (Å²) in [7, 11) is 0. The van der Waals surface area contributed by atoms with E-state index < -0.39 is 46.5 Å². The first-order chi connectivity index (χ1) is 19.3. The zero-order valence-electron chi connectivity index (χ0n) is 24.3. The van der Waals surface area contributed by atoms with Gasteiger partial charge in [0, 0.05) is 0 Å². The van der Waals surface area contributed by atoms with Gasteiger partial charge in [-0.1, -0.05) is 18.2 Å². The van der Waals surface area contributed by atoms with Crippen LogP contribution in [-0.4, -0.2) is 42.8 Å². The Balaban J connectivity index is 1.66. The Labute approximate surface area is 241 Å². The van der Waals surface area contributed by atoms with Crippen LogP contribution in [0.1, 0.15) is 69.7 Å². The second kappa shape index (κ2) is 12.7. The molecule has 0 radical (unpaired) electrons. The van der Waals surface area contributed by atoms with Crippen LogP contribution in [0, 0.1) is 0 Å². The molecule has 1 amide bonds. The third-order valence-corrected chi connectivity index (χ3v) is 6.55. The predicted octanol–water partition coefficient (Wildman–Crippen LogP) is 7.71. The van der Waals surface area contributed by atoms with Crippen molar-refractivity contribution in [2.24, 2.45) is 0 Å². The first kappa shape index (κ1) is 33.5. The monoisotopic (exact) mass is 605 g/mol. The number of rotatable bonds is 9. The number of hydrogen-bond donors (Lipinski definition) is 1. The summed E-state index contributed by atoms with van der Waals surface area (Å²) in [6.07, 6.45) is -8.79. The number of amides is 1. The van der Waals surface area contributed by atoms with Crippen LogP contribution in [0.25, 0.3) is 0 Å². The van der Waals surface area contributed by atoms with Gasteiger partial charge in [0.2, 0.25) is 0 Å². The maximum atomic E-state index is 13.9. The highest BCUT2D eigenvalue weighted by atomic mass is 19.4. The Bertz CT molecular complexity index is 1190. The molecule has 42 heavy (non-hydrogen) atoms. The Morgan fingerprint density at radius 1 is 0.881 bits per heavy atom. The molecule has 0 atom stereocenters. The summed E-state index contributed by atoms with van der Waals surface area (Å²) in [4.78, 5) is 12.6. The number of hydrogen-bond acceptors (Lipinski definition) is 5. The van der Waals surface area contributed by atoms with E-state index in [1.165, 1.54) is 24.3 Å². The molecule has 1 heterocycles. The molecule has 3 rings (SSSR count). The quantitative estimate of drug-likeness (QED) is 0.234. The molecule has 0 aromatic heterocycles. The van der Waals surface area contributed by atoms with Crippen molar-refractivity contribution >= 4 is 6.09 Å². The minimum absolute atomic E-state index is 0.0587. The van der Waals surface area contributed by atoms with Gasteiger partial charge in [-0.25, -0.2) is 4.79 Å². The number of carbonyl (C=O) groups is 1. The summed E-state index contributed by atoms with van der Waals surface area (Å²) in [5.41, 5.74) is -2.50. The maximum absolute atomic E-state index is 13.9. The first-order valence-corrected chi connectivity index (χ1v) is 13.6. The minimum Gasteiger partial charge on any atom is -0.493 e. The van der Waals surface area contributed by atoms with E-state index >= 15 is 0 Å². The van der Waals surface area contributed by atoms with E-state index in [1.54, 1.807) is 34.6 Å². The van der Waals surface area contributed by atoms with E-state index in [9.17, 15) is 31.1 Å². The molecule has 2 aromatic rings. The van der Waals surface area contributed by atoms with Crippen molar-refractivity contribution in [2.45, 2.75) is 89.6 Å². The van der Waals surface area contributed by atoms with Crippen molar-refractivity contribution in [3.8, 4) is 5.75 Å². The fraction of sp³-hybridized carbons (Fsp3) is 0.567. The standard InChI is InChI=1S/C30H37F6NO5/c1-26(2,3)42-25(38)37-28(18-40-27(4,5)41-19-28)15-14-21-10-13-24(23(17-21)30(34,35)36)39-16-6-7-20-8-11-22(12-9-20)29(31,32)33/h8-13,17H,6-7,14-16,18-19H2,1-5H3,(H,37,38). The summed E-state index contributed by atoms with van der Waals surface area (Å²) in [5.74, 6) is -1.22. The third kappa shape index (κ3) is 10.1. The maximum Gasteiger partial charge on any atom is 0.419 e. The van der Waals surface area contributed by atoms with E-state index in [0.717, 1.165) is 18.2 Å². The second-order valence-electron chi connectivity index (χ2n) is 11.9. The first-order valence-electron chi connectivity index (χ1n) is 13.6. The zero-order chi connectivity index (χ0) is 31.4. The van der Waals surface area contributed by atoms with Crippen molar-refractivity contribution in [2.75, 3.05) is 19.8 Å². The number of carbonyl (C=O) groups excluding carboxylic acids is 1. The number of halogens is 6. The van der Waals surface area contributed by atoms with Crippen LogP contribution in [0.5, 0.6) is 5.75 Å². The average Bonchev–Trinajstić information content (AvgIpc) is 2.85. The smallest absolute Gasteiger partial charge is 0.419 e.